The molecule has 0 radical (unpaired) electrons. The van der Waals surface area contributed by atoms with Crippen LogP contribution in [-0.4, -0.2) is 29.7 Å². The molecule has 112 valence electrons. The van der Waals surface area contributed by atoms with E-state index < -0.39 is 0 Å². The number of rotatable bonds is 5. The molecule has 0 spiro atoms. The van der Waals surface area contributed by atoms with Gasteiger partial charge in [0.15, 0.2) is 0 Å². The maximum absolute atomic E-state index is 12.1. The highest BCUT2D eigenvalue weighted by Crippen LogP contribution is 2.31. The van der Waals surface area contributed by atoms with Gasteiger partial charge in [0.25, 0.3) is 0 Å². The standard InChI is InChI=1S/C15H24N2O2S/c1-10-11(2)14(20-12(10)3)17-13(19)8-16-15(9-18)6-4-5-7-15/h16,18H,4-9H2,1-3H3,(H,17,19). The molecule has 0 bridgehead atoms. The summed E-state index contributed by atoms with van der Waals surface area (Å²) in [6.07, 6.45) is 4.15. The highest BCUT2D eigenvalue weighted by atomic mass is 32.1. The van der Waals surface area contributed by atoms with E-state index in [2.05, 4.69) is 24.5 Å². The molecule has 1 aromatic rings. The van der Waals surface area contributed by atoms with E-state index in [9.17, 15) is 9.90 Å². The zero-order valence-corrected chi connectivity index (χ0v) is 13.3. The average Bonchev–Trinajstić information content (AvgIpc) is 3.00. The lowest BCUT2D eigenvalue weighted by Crippen LogP contribution is -2.49. The third-order valence-electron chi connectivity index (χ3n) is 4.43. The van der Waals surface area contributed by atoms with Crippen molar-refractivity contribution in [2.24, 2.45) is 0 Å². The number of aliphatic hydroxyl groups is 1. The summed E-state index contributed by atoms with van der Waals surface area (Å²) < 4.78 is 0. The highest BCUT2D eigenvalue weighted by molar-refractivity contribution is 7.16. The fourth-order valence-electron chi connectivity index (χ4n) is 2.74. The lowest BCUT2D eigenvalue weighted by Gasteiger charge is -2.27. The first-order valence-corrected chi connectivity index (χ1v) is 8.01. The monoisotopic (exact) mass is 296 g/mol. The van der Waals surface area contributed by atoms with Crippen molar-refractivity contribution in [1.29, 1.82) is 0 Å². The second-order valence-corrected chi connectivity index (χ2v) is 7.01. The van der Waals surface area contributed by atoms with Gasteiger partial charge in [0.05, 0.1) is 18.2 Å². The predicted molar refractivity (Wildman–Crippen MR) is 83.4 cm³/mol. The summed E-state index contributed by atoms with van der Waals surface area (Å²) >= 11 is 1.62. The smallest absolute Gasteiger partial charge is 0.238 e. The van der Waals surface area contributed by atoms with Crippen molar-refractivity contribution in [1.82, 2.24) is 5.32 Å². The predicted octanol–water partition coefficient (Wildman–Crippen LogP) is 2.51. The van der Waals surface area contributed by atoms with Crippen molar-refractivity contribution >= 4 is 22.2 Å². The van der Waals surface area contributed by atoms with Gasteiger partial charge < -0.3 is 15.7 Å². The molecule has 1 saturated carbocycles. The number of hydrogen-bond acceptors (Lipinski definition) is 4. The summed E-state index contributed by atoms with van der Waals surface area (Å²) in [5.74, 6) is -0.0333. The minimum absolute atomic E-state index is 0.0333. The maximum Gasteiger partial charge on any atom is 0.238 e. The summed E-state index contributed by atoms with van der Waals surface area (Å²) in [5.41, 5.74) is 2.16. The van der Waals surface area contributed by atoms with Gasteiger partial charge in [-0.2, -0.15) is 0 Å². The largest absolute Gasteiger partial charge is 0.394 e. The molecule has 1 amide bonds. The number of hydrogen-bond donors (Lipinski definition) is 3. The Hall–Kier alpha value is -0.910. The van der Waals surface area contributed by atoms with E-state index in [0.717, 1.165) is 36.2 Å². The molecular formula is C15H24N2O2S. The third-order valence-corrected chi connectivity index (χ3v) is 5.65. The quantitative estimate of drug-likeness (QED) is 0.782. The molecule has 2 rings (SSSR count). The van der Waals surface area contributed by atoms with Crippen LogP contribution in [0.1, 0.15) is 41.7 Å². The van der Waals surface area contributed by atoms with Crippen LogP contribution in [0.5, 0.6) is 0 Å². The van der Waals surface area contributed by atoms with Gasteiger partial charge in [-0.3, -0.25) is 4.79 Å². The number of carbonyl (C=O) groups is 1. The Bertz CT molecular complexity index is 490. The van der Waals surface area contributed by atoms with E-state index >= 15 is 0 Å². The molecular weight excluding hydrogens is 272 g/mol. The van der Waals surface area contributed by atoms with Crippen LogP contribution < -0.4 is 10.6 Å². The molecule has 3 N–H and O–H groups in total. The van der Waals surface area contributed by atoms with Crippen LogP contribution in [0.15, 0.2) is 0 Å². The second kappa shape index (κ2) is 6.24. The maximum atomic E-state index is 12.1. The molecule has 0 aliphatic heterocycles. The molecule has 1 heterocycles. The number of amides is 1. The fourth-order valence-corrected chi connectivity index (χ4v) is 3.82. The van der Waals surface area contributed by atoms with Crippen LogP contribution in [0.3, 0.4) is 0 Å². The summed E-state index contributed by atoms with van der Waals surface area (Å²) in [6, 6.07) is 0. The second-order valence-electron chi connectivity index (χ2n) is 5.78. The van der Waals surface area contributed by atoms with Crippen molar-refractivity contribution in [3.8, 4) is 0 Å². The van der Waals surface area contributed by atoms with Gasteiger partial charge in [-0.15, -0.1) is 11.3 Å². The first kappa shape index (κ1) is 15.5. The molecule has 0 atom stereocenters. The summed E-state index contributed by atoms with van der Waals surface area (Å²) in [5, 5.41) is 16.7. The molecule has 4 nitrogen and oxygen atoms in total. The summed E-state index contributed by atoms with van der Waals surface area (Å²) in [7, 11) is 0. The number of aliphatic hydroxyl groups excluding tert-OH is 1. The minimum atomic E-state index is -0.242. The lowest BCUT2D eigenvalue weighted by molar-refractivity contribution is -0.115. The Kier molecular flexibility index (Phi) is 4.83. The van der Waals surface area contributed by atoms with Crippen molar-refractivity contribution in [3.63, 3.8) is 0 Å². The number of nitrogens with one attached hydrogen (secondary N) is 2. The van der Waals surface area contributed by atoms with E-state index in [4.69, 9.17) is 0 Å². The lowest BCUT2D eigenvalue weighted by atomic mass is 9.99. The molecule has 0 unspecified atom stereocenters. The van der Waals surface area contributed by atoms with Crippen molar-refractivity contribution < 1.29 is 9.90 Å². The van der Waals surface area contributed by atoms with E-state index in [1.807, 2.05) is 6.92 Å². The van der Waals surface area contributed by atoms with Crippen LogP contribution in [0.2, 0.25) is 0 Å². The van der Waals surface area contributed by atoms with Gasteiger partial charge in [0.1, 0.15) is 0 Å². The Balaban J connectivity index is 1.91. The first-order chi connectivity index (χ1) is 9.47. The Morgan fingerprint density at radius 3 is 2.40 bits per heavy atom. The molecule has 1 aliphatic carbocycles. The van der Waals surface area contributed by atoms with Crippen LogP contribution in [-0.2, 0) is 4.79 Å². The van der Waals surface area contributed by atoms with Gasteiger partial charge in [0.2, 0.25) is 5.91 Å². The number of anilines is 1. The Labute approximate surface area is 124 Å². The topological polar surface area (TPSA) is 61.4 Å². The highest BCUT2D eigenvalue weighted by Gasteiger charge is 2.32. The molecule has 20 heavy (non-hydrogen) atoms. The van der Waals surface area contributed by atoms with Gasteiger partial charge >= 0.3 is 0 Å². The molecule has 1 fully saturated rings. The number of thiophene rings is 1. The first-order valence-electron chi connectivity index (χ1n) is 7.20. The van der Waals surface area contributed by atoms with Crippen LogP contribution >= 0.6 is 11.3 Å². The number of aryl methyl sites for hydroxylation is 1. The third kappa shape index (κ3) is 3.22. The number of carbonyl (C=O) groups excluding carboxylic acids is 1. The zero-order valence-electron chi connectivity index (χ0n) is 12.5. The van der Waals surface area contributed by atoms with E-state index in [1.165, 1.54) is 10.4 Å². The summed E-state index contributed by atoms with van der Waals surface area (Å²) in [6.45, 7) is 6.55. The van der Waals surface area contributed by atoms with E-state index in [1.54, 1.807) is 11.3 Å². The van der Waals surface area contributed by atoms with Crippen molar-refractivity contribution in [2.45, 2.75) is 52.0 Å². The molecule has 1 aliphatic rings. The SMILES string of the molecule is Cc1sc(NC(=O)CNC2(CO)CCCC2)c(C)c1C. The van der Waals surface area contributed by atoms with Gasteiger partial charge in [-0.1, -0.05) is 12.8 Å². The van der Waals surface area contributed by atoms with Crippen molar-refractivity contribution in [3.05, 3.63) is 16.0 Å². The Morgan fingerprint density at radius 2 is 1.90 bits per heavy atom. The average molecular weight is 296 g/mol. The van der Waals surface area contributed by atoms with Crippen LogP contribution in [0.25, 0.3) is 0 Å². The van der Waals surface area contributed by atoms with Gasteiger partial charge in [-0.25, -0.2) is 0 Å². The molecule has 5 heteroatoms. The van der Waals surface area contributed by atoms with Crippen molar-refractivity contribution in [2.75, 3.05) is 18.5 Å². The van der Waals surface area contributed by atoms with E-state index in [-0.39, 0.29) is 24.6 Å². The summed E-state index contributed by atoms with van der Waals surface area (Å²) in [4.78, 5) is 13.3. The molecule has 0 saturated heterocycles. The van der Waals surface area contributed by atoms with Gasteiger partial charge in [-0.05, 0) is 44.7 Å². The molecule has 1 aromatic heterocycles. The van der Waals surface area contributed by atoms with Crippen LogP contribution in [0, 0.1) is 20.8 Å². The Morgan fingerprint density at radius 1 is 1.25 bits per heavy atom. The van der Waals surface area contributed by atoms with E-state index in [0.29, 0.717) is 0 Å². The normalized spacial score (nSPS) is 17.4. The minimum Gasteiger partial charge on any atom is -0.394 e. The zero-order chi connectivity index (χ0) is 14.8. The molecule has 0 aromatic carbocycles. The van der Waals surface area contributed by atoms with Crippen LogP contribution in [0.4, 0.5) is 5.00 Å². The van der Waals surface area contributed by atoms with Gasteiger partial charge in [0, 0.05) is 10.4 Å². The fraction of sp³-hybridized carbons (Fsp3) is 0.667.